The number of aromatic amines is 1. The normalized spacial score (nSPS) is 10.2. The Morgan fingerprint density at radius 3 is 2.34 bits per heavy atom. The van der Waals surface area contributed by atoms with Crippen molar-refractivity contribution in [1.29, 1.82) is 10.5 Å². The van der Waals surface area contributed by atoms with Gasteiger partial charge in [-0.1, -0.05) is 11.6 Å². The zero-order chi connectivity index (χ0) is 21.1. The average molecular weight is 413 g/mol. The van der Waals surface area contributed by atoms with Gasteiger partial charge in [0.25, 0.3) is 5.56 Å². The number of ether oxygens (including phenoxy) is 1. The molecule has 3 rings (SSSR count). The molecule has 0 aliphatic heterocycles. The molecule has 0 atom stereocenters. The highest BCUT2D eigenvalue weighted by molar-refractivity contribution is 6.31. The van der Waals surface area contributed by atoms with Crippen molar-refractivity contribution in [3.63, 3.8) is 0 Å². The number of hydrogen-bond donors (Lipinski definition) is 2. The fourth-order valence-corrected chi connectivity index (χ4v) is 2.96. The third-order valence-electron chi connectivity index (χ3n) is 4.00. The van der Waals surface area contributed by atoms with E-state index in [0.29, 0.717) is 0 Å². The van der Waals surface area contributed by atoms with Crippen molar-refractivity contribution >= 4 is 17.4 Å². The summed E-state index contributed by atoms with van der Waals surface area (Å²) in [6, 6.07) is 10.9. The number of benzene rings is 2. The molecule has 0 aliphatic rings. The summed E-state index contributed by atoms with van der Waals surface area (Å²) in [5, 5.41) is 19.2. The van der Waals surface area contributed by atoms with E-state index in [4.69, 9.17) is 22.1 Å². The van der Waals surface area contributed by atoms with Gasteiger partial charge >= 0.3 is 0 Å². The number of hydrogen-bond acceptors (Lipinski definition) is 5. The number of aromatic nitrogens is 1. The quantitative estimate of drug-likeness (QED) is 0.674. The maximum Gasteiger partial charge on any atom is 0.268 e. The smallest absolute Gasteiger partial charge is 0.268 e. The number of nitrogens with two attached hydrogens (primary N) is 1. The van der Waals surface area contributed by atoms with E-state index < -0.39 is 17.2 Å². The molecule has 0 amide bonds. The number of rotatable bonds is 4. The first-order chi connectivity index (χ1) is 13.8. The van der Waals surface area contributed by atoms with Crippen molar-refractivity contribution < 1.29 is 13.5 Å². The van der Waals surface area contributed by atoms with Crippen LogP contribution in [0.5, 0.6) is 5.75 Å². The minimum Gasteiger partial charge on any atom is -0.488 e. The molecular weight excluding hydrogens is 402 g/mol. The van der Waals surface area contributed by atoms with Gasteiger partial charge < -0.3 is 15.5 Å². The van der Waals surface area contributed by atoms with Crippen molar-refractivity contribution in [3.05, 3.63) is 80.1 Å². The van der Waals surface area contributed by atoms with E-state index in [9.17, 15) is 24.1 Å². The molecule has 0 aliphatic carbocycles. The number of pyridine rings is 1. The molecule has 3 N–H and O–H groups in total. The summed E-state index contributed by atoms with van der Waals surface area (Å²) in [6.45, 7) is -0.217. The van der Waals surface area contributed by atoms with Crippen LogP contribution in [0.25, 0.3) is 11.1 Å². The Bertz CT molecular complexity index is 1240. The minimum absolute atomic E-state index is 0.0424. The molecule has 0 radical (unpaired) electrons. The van der Waals surface area contributed by atoms with Crippen molar-refractivity contribution in [2.45, 2.75) is 6.61 Å². The lowest BCUT2D eigenvalue weighted by atomic mass is 9.96. The van der Waals surface area contributed by atoms with Crippen molar-refractivity contribution in [2.75, 3.05) is 5.73 Å². The lowest BCUT2D eigenvalue weighted by molar-refractivity contribution is 0.306. The van der Waals surface area contributed by atoms with Gasteiger partial charge in [0.05, 0.1) is 0 Å². The zero-order valence-electron chi connectivity index (χ0n) is 14.6. The molecule has 29 heavy (non-hydrogen) atoms. The van der Waals surface area contributed by atoms with E-state index in [0.717, 1.165) is 18.2 Å². The number of halogens is 3. The van der Waals surface area contributed by atoms with Crippen LogP contribution in [0.1, 0.15) is 16.7 Å². The largest absolute Gasteiger partial charge is 0.488 e. The van der Waals surface area contributed by atoms with Crippen molar-refractivity contribution in [1.82, 2.24) is 4.98 Å². The molecule has 0 bridgehead atoms. The first-order valence-electron chi connectivity index (χ1n) is 8.07. The molecule has 6 nitrogen and oxygen atoms in total. The van der Waals surface area contributed by atoms with Gasteiger partial charge in [0.1, 0.15) is 53.1 Å². The molecule has 0 unspecified atom stereocenters. The SMILES string of the molecule is N#Cc1c(N)[nH]c(=O)c(C#N)c1-c1cc(Cl)ccc1OCc1cc(F)cc(F)c1. The number of nitrogens with zero attached hydrogens (tertiary/aromatic N) is 2. The highest BCUT2D eigenvalue weighted by Gasteiger charge is 2.21. The van der Waals surface area contributed by atoms with Crippen LogP contribution < -0.4 is 16.0 Å². The molecule has 1 aromatic heterocycles. The average Bonchev–Trinajstić information content (AvgIpc) is 2.65. The topological polar surface area (TPSA) is 116 Å². The Morgan fingerprint density at radius 1 is 1.07 bits per heavy atom. The number of anilines is 1. The van der Waals surface area contributed by atoms with Crippen molar-refractivity contribution in [3.8, 4) is 29.0 Å². The van der Waals surface area contributed by atoms with Gasteiger partial charge in [0.2, 0.25) is 0 Å². The molecule has 0 spiro atoms. The highest BCUT2D eigenvalue weighted by Crippen LogP contribution is 2.37. The lowest BCUT2D eigenvalue weighted by Gasteiger charge is -2.15. The molecular formula is C20H11ClF2N4O2. The van der Waals surface area contributed by atoms with E-state index in [2.05, 4.69) is 4.98 Å². The van der Waals surface area contributed by atoms with Gasteiger partial charge in [-0.05, 0) is 35.9 Å². The second-order valence-corrected chi connectivity index (χ2v) is 6.36. The minimum atomic E-state index is -0.780. The monoisotopic (exact) mass is 412 g/mol. The van der Waals surface area contributed by atoms with Crippen LogP contribution in [0.2, 0.25) is 5.02 Å². The summed E-state index contributed by atoms with van der Waals surface area (Å²) in [6.07, 6.45) is 0. The first kappa shape index (κ1) is 19.9. The molecule has 144 valence electrons. The third-order valence-corrected chi connectivity index (χ3v) is 4.23. The second kappa shape index (κ2) is 8.01. The zero-order valence-corrected chi connectivity index (χ0v) is 15.3. The number of nitrogen functional groups attached to an aromatic ring is 1. The Kier molecular flexibility index (Phi) is 5.49. The molecule has 0 saturated carbocycles. The molecule has 0 fully saturated rings. The highest BCUT2D eigenvalue weighted by atomic mass is 35.5. The predicted molar refractivity (Wildman–Crippen MR) is 102 cm³/mol. The molecule has 3 aromatic rings. The summed E-state index contributed by atoms with van der Waals surface area (Å²) in [4.78, 5) is 14.4. The maximum atomic E-state index is 13.4. The van der Waals surface area contributed by atoms with Gasteiger partial charge in [-0.25, -0.2) is 8.78 Å². The van der Waals surface area contributed by atoms with Gasteiger partial charge in [0.15, 0.2) is 0 Å². The number of nitrogens with one attached hydrogen (secondary N) is 1. The fourth-order valence-electron chi connectivity index (χ4n) is 2.79. The van der Waals surface area contributed by atoms with Gasteiger partial charge in [-0.2, -0.15) is 10.5 Å². The summed E-state index contributed by atoms with van der Waals surface area (Å²) in [7, 11) is 0. The maximum absolute atomic E-state index is 13.4. The summed E-state index contributed by atoms with van der Waals surface area (Å²) < 4.78 is 32.5. The standard InChI is InChI=1S/C20H11ClF2N4O2/c21-11-1-2-17(29-9-10-3-12(22)6-13(23)4-10)14(5-11)18-15(7-24)19(26)27-20(28)16(18)8-25/h1-6H,9H2,(H3,26,27,28). The second-order valence-electron chi connectivity index (χ2n) is 5.92. The Hall–Kier alpha value is -3.88. The van der Waals surface area contributed by atoms with Crippen LogP contribution in [0.4, 0.5) is 14.6 Å². The summed E-state index contributed by atoms with van der Waals surface area (Å²) in [5.41, 5.74) is 4.82. The third kappa shape index (κ3) is 4.03. The van der Waals surface area contributed by atoms with E-state index in [-0.39, 0.29) is 51.0 Å². The number of nitriles is 2. The van der Waals surface area contributed by atoms with Crippen LogP contribution in [0, 0.1) is 34.3 Å². The Morgan fingerprint density at radius 2 is 1.72 bits per heavy atom. The van der Waals surface area contributed by atoms with E-state index >= 15 is 0 Å². The van der Waals surface area contributed by atoms with Crippen LogP contribution in [-0.2, 0) is 6.61 Å². The van der Waals surface area contributed by atoms with Crippen LogP contribution in [0.15, 0.2) is 41.2 Å². The summed E-state index contributed by atoms with van der Waals surface area (Å²) in [5.74, 6) is -1.61. The van der Waals surface area contributed by atoms with Gasteiger partial charge in [-0.15, -0.1) is 0 Å². The Labute approximate surface area is 168 Å². The molecule has 9 heteroatoms. The summed E-state index contributed by atoms with van der Waals surface area (Å²) >= 11 is 6.06. The van der Waals surface area contributed by atoms with Crippen LogP contribution in [0.3, 0.4) is 0 Å². The van der Waals surface area contributed by atoms with E-state index in [1.807, 2.05) is 6.07 Å². The Balaban J connectivity index is 2.15. The molecule has 0 saturated heterocycles. The van der Waals surface area contributed by atoms with Crippen LogP contribution in [-0.4, -0.2) is 4.98 Å². The van der Waals surface area contributed by atoms with E-state index in [1.165, 1.54) is 18.2 Å². The van der Waals surface area contributed by atoms with Crippen molar-refractivity contribution in [2.24, 2.45) is 0 Å². The first-order valence-corrected chi connectivity index (χ1v) is 8.45. The number of H-pyrrole nitrogens is 1. The fraction of sp³-hybridized carbons (Fsp3) is 0.0500. The van der Waals surface area contributed by atoms with Crippen LogP contribution >= 0.6 is 11.6 Å². The molecule has 2 aromatic carbocycles. The van der Waals surface area contributed by atoms with Gasteiger partial charge in [0, 0.05) is 22.2 Å². The van der Waals surface area contributed by atoms with E-state index in [1.54, 1.807) is 6.07 Å². The molecule has 1 heterocycles. The van der Waals surface area contributed by atoms with Gasteiger partial charge in [-0.3, -0.25) is 4.79 Å². The predicted octanol–water partition coefficient (Wildman–Crippen LogP) is 3.88. The lowest BCUT2D eigenvalue weighted by Crippen LogP contribution is -2.16.